The average Bonchev–Trinajstić information content (AvgIpc) is 2.53. The van der Waals surface area contributed by atoms with Gasteiger partial charge in [0.2, 0.25) is 5.91 Å². The lowest BCUT2D eigenvalue weighted by atomic mass is 10.0. The highest BCUT2D eigenvalue weighted by molar-refractivity contribution is 5.79. The summed E-state index contributed by atoms with van der Waals surface area (Å²) in [4.78, 5) is 14.0. The third-order valence-corrected chi connectivity index (χ3v) is 4.14. The number of alkyl halides is 3. The first-order valence-corrected chi connectivity index (χ1v) is 7.67. The van der Waals surface area contributed by atoms with Crippen molar-refractivity contribution in [1.29, 1.82) is 0 Å². The summed E-state index contributed by atoms with van der Waals surface area (Å²) in [5, 5.41) is 0. The number of hydrogen-bond acceptors (Lipinski definition) is 1. The third-order valence-electron chi connectivity index (χ3n) is 4.14. The minimum Gasteiger partial charge on any atom is -0.339 e. The summed E-state index contributed by atoms with van der Waals surface area (Å²) in [6.07, 6.45) is -4.46. The molecule has 24 heavy (non-hydrogen) atoms. The molecule has 0 radical (unpaired) electrons. The number of carbonyl (C=O) groups excluding carboxylic acids is 1. The Morgan fingerprint density at radius 1 is 1.12 bits per heavy atom. The minimum absolute atomic E-state index is 0.0589. The van der Waals surface area contributed by atoms with Crippen LogP contribution in [0, 0.1) is 6.92 Å². The van der Waals surface area contributed by atoms with Crippen molar-refractivity contribution in [2.45, 2.75) is 32.5 Å². The molecule has 2 aromatic carbocycles. The molecule has 0 bridgehead atoms. The zero-order valence-corrected chi connectivity index (χ0v) is 13.9. The van der Waals surface area contributed by atoms with E-state index in [1.54, 1.807) is 11.9 Å². The molecule has 5 heteroatoms. The van der Waals surface area contributed by atoms with Crippen LogP contribution in [0.4, 0.5) is 13.2 Å². The highest BCUT2D eigenvalue weighted by Gasteiger charge is 2.30. The number of aryl methyl sites for hydroxylation is 1. The van der Waals surface area contributed by atoms with E-state index in [9.17, 15) is 18.0 Å². The molecule has 128 valence electrons. The standard InChI is InChI=1S/C19H20F3NO/c1-13-7-9-16(10-8-13)14(2)23(3)18(24)12-15-5-4-6-17(11-15)19(20,21)22/h4-11,14H,12H2,1-3H3. The Labute approximate surface area is 139 Å². The molecule has 2 rings (SSSR count). The topological polar surface area (TPSA) is 20.3 Å². The molecule has 2 aromatic rings. The molecule has 0 fully saturated rings. The number of halogens is 3. The van der Waals surface area contributed by atoms with Crippen molar-refractivity contribution in [2.75, 3.05) is 7.05 Å². The summed E-state index contributed by atoms with van der Waals surface area (Å²) in [7, 11) is 1.67. The molecular formula is C19H20F3NO. The van der Waals surface area contributed by atoms with Crippen molar-refractivity contribution in [3.05, 3.63) is 70.8 Å². The van der Waals surface area contributed by atoms with E-state index in [4.69, 9.17) is 0 Å². The molecule has 0 spiro atoms. The summed E-state index contributed by atoms with van der Waals surface area (Å²) in [5.74, 6) is -0.220. The fraction of sp³-hybridized carbons (Fsp3) is 0.316. The largest absolute Gasteiger partial charge is 0.416 e. The van der Waals surface area contributed by atoms with Gasteiger partial charge in [0.05, 0.1) is 18.0 Å². The number of likely N-dealkylation sites (N-methyl/N-ethyl adjacent to an activating group) is 1. The maximum atomic E-state index is 12.8. The molecule has 0 heterocycles. The van der Waals surface area contributed by atoms with Gasteiger partial charge in [-0.2, -0.15) is 13.2 Å². The maximum Gasteiger partial charge on any atom is 0.416 e. The smallest absolute Gasteiger partial charge is 0.339 e. The molecule has 2 nitrogen and oxygen atoms in total. The zero-order chi connectivity index (χ0) is 17.9. The number of rotatable bonds is 4. The highest BCUT2D eigenvalue weighted by Crippen LogP contribution is 2.30. The first kappa shape index (κ1) is 18.0. The van der Waals surface area contributed by atoms with Gasteiger partial charge in [0, 0.05) is 7.05 Å². The number of hydrogen-bond donors (Lipinski definition) is 0. The van der Waals surface area contributed by atoms with Crippen molar-refractivity contribution in [2.24, 2.45) is 0 Å². The van der Waals surface area contributed by atoms with Gasteiger partial charge >= 0.3 is 6.18 Å². The van der Waals surface area contributed by atoms with Gasteiger partial charge in [-0.15, -0.1) is 0 Å². The normalized spacial score (nSPS) is 12.8. The van der Waals surface area contributed by atoms with Crippen molar-refractivity contribution in [3.8, 4) is 0 Å². The fourth-order valence-electron chi connectivity index (χ4n) is 2.44. The predicted octanol–water partition coefficient (Wildman–Crippen LogP) is 4.78. The van der Waals surface area contributed by atoms with Crippen LogP contribution in [-0.2, 0) is 17.4 Å². The van der Waals surface area contributed by atoms with Crippen LogP contribution in [0.25, 0.3) is 0 Å². The number of carbonyl (C=O) groups is 1. The van der Waals surface area contributed by atoms with Gasteiger partial charge in [-0.25, -0.2) is 0 Å². The lowest BCUT2D eigenvalue weighted by molar-refractivity contribution is -0.138. The predicted molar refractivity (Wildman–Crippen MR) is 87.5 cm³/mol. The van der Waals surface area contributed by atoms with E-state index in [0.717, 1.165) is 23.3 Å². The van der Waals surface area contributed by atoms with Gasteiger partial charge in [-0.05, 0) is 31.0 Å². The van der Waals surface area contributed by atoms with Crippen molar-refractivity contribution in [3.63, 3.8) is 0 Å². The van der Waals surface area contributed by atoms with Crippen LogP contribution < -0.4 is 0 Å². The Bertz CT molecular complexity index is 707. The van der Waals surface area contributed by atoms with E-state index in [1.807, 2.05) is 38.1 Å². The molecule has 0 aliphatic heterocycles. The van der Waals surface area contributed by atoms with Gasteiger partial charge in [0.25, 0.3) is 0 Å². The molecular weight excluding hydrogens is 315 g/mol. The lowest BCUT2D eigenvalue weighted by Crippen LogP contribution is -2.31. The molecule has 0 aromatic heterocycles. The van der Waals surface area contributed by atoms with Gasteiger partial charge in [-0.1, -0.05) is 48.0 Å². The van der Waals surface area contributed by atoms with Crippen LogP contribution in [0.1, 0.15) is 35.2 Å². The maximum absolute atomic E-state index is 12.8. The van der Waals surface area contributed by atoms with E-state index in [1.165, 1.54) is 12.1 Å². The molecule has 0 N–H and O–H groups in total. The van der Waals surface area contributed by atoms with Crippen molar-refractivity contribution in [1.82, 2.24) is 4.90 Å². The summed E-state index contributed by atoms with van der Waals surface area (Å²) in [5.41, 5.74) is 1.74. The Hall–Kier alpha value is -2.30. The lowest BCUT2D eigenvalue weighted by Gasteiger charge is -2.25. The number of nitrogens with zero attached hydrogens (tertiary/aromatic N) is 1. The van der Waals surface area contributed by atoms with Crippen molar-refractivity contribution < 1.29 is 18.0 Å². The van der Waals surface area contributed by atoms with Gasteiger partial charge in [0.1, 0.15) is 0 Å². The van der Waals surface area contributed by atoms with E-state index in [0.29, 0.717) is 5.56 Å². The van der Waals surface area contributed by atoms with Crippen LogP contribution in [0.15, 0.2) is 48.5 Å². The average molecular weight is 335 g/mol. The molecule has 0 saturated heterocycles. The van der Waals surface area contributed by atoms with Gasteiger partial charge in [-0.3, -0.25) is 4.79 Å². The molecule has 0 saturated carbocycles. The Morgan fingerprint density at radius 2 is 1.75 bits per heavy atom. The van der Waals surface area contributed by atoms with Gasteiger partial charge < -0.3 is 4.90 Å². The highest BCUT2D eigenvalue weighted by atomic mass is 19.4. The van der Waals surface area contributed by atoms with Crippen LogP contribution in [0.3, 0.4) is 0 Å². The molecule has 1 amide bonds. The SMILES string of the molecule is Cc1ccc(C(C)N(C)C(=O)Cc2cccc(C(F)(F)F)c2)cc1. The minimum atomic E-state index is -4.40. The summed E-state index contributed by atoms with van der Waals surface area (Å²) in [6.45, 7) is 3.88. The summed E-state index contributed by atoms with van der Waals surface area (Å²) in [6, 6.07) is 12.6. The van der Waals surface area contributed by atoms with Crippen LogP contribution >= 0.6 is 0 Å². The van der Waals surface area contributed by atoms with Crippen LogP contribution in [0.5, 0.6) is 0 Å². The number of amides is 1. The first-order chi connectivity index (χ1) is 11.2. The fourth-order valence-corrected chi connectivity index (χ4v) is 2.44. The second kappa shape index (κ2) is 7.07. The van der Waals surface area contributed by atoms with E-state index in [-0.39, 0.29) is 18.4 Å². The second-order valence-electron chi connectivity index (χ2n) is 5.97. The van der Waals surface area contributed by atoms with E-state index < -0.39 is 11.7 Å². The number of benzene rings is 2. The molecule has 1 atom stereocenters. The van der Waals surface area contributed by atoms with E-state index >= 15 is 0 Å². The Morgan fingerprint density at radius 3 is 2.33 bits per heavy atom. The first-order valence-electron chi connectivity index (χ1n) is 7.67. The quantitative estimate of drug-likeness (QED) is 0.788. The Kier molecular flexibility index (Phi) is 5.32. The van der Waals surface area contributed by atoms with E-state index in [2.05, 4.69) is 0 Å². The van der Waals surface area contributed by atoms with Gasteiger partial charge in [0.15, 0.2) is 0 Å². The summed E-state index contributed by atoms with van der Waals surface area (Å²) >= 11 is 0. The Balaban J connectivity index is 2.10. The van der Waals surface area contributed by atoms with Crippen molar-refractivity contribution >= 4 is 5.91 Å². The van der Waals surface area contributed by atoms with Crippen LogP contribution in [0.2, 0.25) is 0 Å². The molecule has 0 aliphatic rings. The molecule has 0 aliphatic carbocycles. The second-order valence-corrected chi connectivity index (χ2v) is 5.97. The third kappa shape index (κ3) is 4.37. The van der Waals surface area contributed by atoms with Crippen LogP contribution in [-0.4, -0.2) is 17.9 Å². The molecule has 1 unspecified atom stereocenters. The monoisotopic (exact) mass is 335 g/mol. The zero-order valence-electron chi connectivity index (χ0n) is 13.9. The summed E-state index contributed by atoms with van der Waals surface area (Å²) < 4.78 is 38.3.